The number of nitrogens with zero attached hydrogens (tertiary/aromatic N) is 1. The van der Waals surface area contributed by atoms with Crippen LogP contribution in [0, 0.1) is 17.8 Å². The molecule has 154 valence electrons. The number of ether oxygens (including phenoxy) is 2. The number of nitrogens with one attached hydrogen (secondary N) is 1. The van der Waals surface area contributed by atoms with E-state index in [0.29, 0.717) is 19.7 Å². The van der Waals surface area contributed by atoms with Gasteiger partial charge in [0.15, 0.2) is 11.5 Å². The highest BCUT2D eigenvalue weighted by Gasteiger charge is 2.51. The summed E-state index contributed by atoms with van der Waals surface area (Å²) >= 11 is 0. The highest BCUT2D eigenvalue weighted by atomic mass is 16.5. The molecule has 4 aliphatic rings. The van der Waals surface area contributed by atoms with Crippen LogP contribution in [0.3, 0.4) is 0 Å². The van der Waals surface area contributed by atoms with Gasteiger partial charge in [0.05, 0.1) is 20.3 Å². The maximum Gasteiger partial charge on any atom is 0.234 e. The third-order valence-electron chi connectivity index (χ3n) is 6.84. The highest BCUT2D eigenvalue weighted by Crippen LogP contribution is 2.55. The van der Waals surface area contributed by atoms with Gasteiger partial charge in [0.2, 0.25) is 5.91 Å². The lowest BCUT2D eigenvalue weighted by molar-refractivity contribution is -0.127. The molecule has 5 heteroatoms. The Morgan fingerprint density at radius 3 is 2.36 bits per heavy atom. The van der Waals surface area contributed by atoms with Crippen molar-refractivity contribution in [2.45, 2.75) is 57.5 Å². The standard InChI is InChI=1S/C23H34N2O3/c1-4-28-20-6-5-16(10-21(20)27-3)14-25(2)15-22(26)24-23-11-17-7-18(12-23)9-19(8-17)13-23/h5-6,10,17-19H,4,7-9,11-15H2,1-3H3,(H,24,26). The lowest BCUT2D eigenvalue weighted by atomic mass is 9.53. The van der Waals surface area contributed by atoms with E-state index in [1.165, 1.54) is 38.5 Å². The monoisotopic (exact) mass is 386 g/mol. The fourth-order valence-electron chi connectivity index (χ4n) is 6.30. The maximum atomic E-state index is 12.8. The summed E-state index contributed by atoms with van der Waals surface area (Å²) in [6.45, 7) is 3.71. The molecular weight excluding hydrogens is 352 g/mol. The maximum absolute atomic E-state index is 12.8. The van der Waals surface area contributed by atoms with Gasteiger partial charge in [0, 0.05) is 12.1 Å². The van der Waals surface area contributed by atoms with Gasteiger partial charge in [-0.05, 0) is 87.9 Å². The highest BCUT2D eigenvalue weighted by molar-refractivity contribution is 5.79. The van der Waals surface area contributed by atoms with Gasteiger partial charge in [0.1, 0.15) is 0 Å². The molecule has 0 unspecified atom stereocenters. The second-order valence-corrected chi connectivity index (χ2v) is 9.34. The van der Waals surface area contributed by atoms with Crippen molar-refractivity contribution in [3.63, 3.8) is 0 Å². The summed E-state index contributed by atoms with van der Waals surface area (Å²) < 4.78 is 11.0. The molecule has 5 nitrogen and oxygen atoms in total. The van der Waals surface area contributed by atoms with Crippen molar-refractivity contribution < 1.29 is 14.3 Å². The van der Waals surface area contributed by atoms with Crippen LogP contribution in [0.5, 0.6) is 11.5 Å². The van der Waals surface area contributed by atoms with Crippen molar-refractivity contribution in [1.29, 1.82) is 0 Å². The van der Waals surface area contributed by atoms with Crippen LogP contribution in [0.1, 0.15) is 51.0 Å². The molecule has 4 aliphatic carbocycles. The van der Waals surface area contributed by atoms with Crippen LogP contribution < -0.4 is 14.8 Å². The molecular formula is C23H34N2O3. The summed E-state index contributed by atoms with van der Waals surface area (Å²) in [5.41, 5.74) is 1.21. The van der Waals surface area contributed by atoms with Crippen molar-refractivity contribution in [2.75, 3.05) is 27.3 Å². The zero-order valence-corrected chi connectivity index (χ0v) is 17.5. The molecule has 28 heavy (non-hydrogen) atoms. The van der Waals surface area contributed by atoms with Crippen LogP contribution in [0.25, 0.3) is 0 Å². The lowest BCUT2D eigenvalue weighted by Gasteiger charge is -2.57. The van der Waals surface area contributed by atoms with E-state index in [-0.39, 0.29) is 11.4 Å². The Balaban J connectivity index is 1.32. The van der Waals surface area contributed by atoms with Crippen LogP contribution in [0.15, 0.2) is 18.2 Å². The number of hydrogen-bond donors (Lipinski definition) is 1. The van der Waals surface area contributed by atoms with Crippen molar-refractivity contribution >= 4 is 5.91 Å². The number of amides is 1. The van der Waals surface area contributed by atoms with E-state index in [2.05, 4.69) is 10.2 Å². The predicted octanol–water partition coefficient (Wildman–Crippen LogP) is 3.61. The van der Waals surface area contributed by atoms with Gasteiger partial charge >= 0.3 is 0 Å². The smallest absolute Gasteiger partial charge is 0.234 e. The summed E-state index contributed by atoms with van der Waals surface area (Å²) in [6, 6.07) is 5.99. The molecule has 1 N–H and O–H groups in total. The summed E-state index contributed by atoms with van der Waals surface area (Å²) in [4.78, 5) is 14.9. The minimum atomic E-state index is 0.0923. The Morgan fingerprint density at radius 2 is 1.79 bits per heavy atom. The van der Waals surface area contributed by atoms with Gasteiger partial charge < -0.3 is 14.8 Å². The Bertz CT molecular complexity index is 683. The summed E-state index contributed by atoms with van der Waals surface area (Å²) in [5, 5.41) is 3.46. The number of carbonyl (C=O) groups excluding carboxylic acids is 1. The minimum Gasteiger partial charge on any atom is -0.493 e. The predicted molar refractivity (Wildman–Crippen MR) is 110 cm³/mol. The van der Waals surface area contributed by atoms with E-state index in [4.69, 9.17) is 9.47 Å². The topological polar surface area (TPSA) is 50.8 Å². The van der Waals surface area contributed by atoms with Gasteiger partial charge in [-0.15, -0.1) is 0 Å². The first-order valence-electron chi connectivity index (χ1n) is 10.8. The molecule has 0 aromatic heterocycles. The van der Waals surface area contributed by atoms with Gasteiger partial charge in [-0.1, -0.05) is 6.07 Å². The van der Waals surface area contributed by atoms with Crippen LogP contribution in [0.4, 0.5) is 0 Å². The fourth-order valence-corrected chi connectivity index (χ4v) is 6.30. The van der Waals surface area contributed by atoms with Crippen LogP contribution in [-0.2, 0) is 11.3 Å². The Hall–Kier alpha value is -1.75. The first kappa shape index (κ1) is 19.6. The van der Waals surface area contributed by atoms with E-state index in [1.54, 1.807) is 7.11 Å². The van der Waals surface area contributed by atoms with Crippen LogP contribution in [0.2, 0.25) is 0 Å². The molecule has 0 radical (unpaired) electrons. The number of hydrogen-bond acceptors (Lipinski definition) is 4. The average molecular weight is 387 g/mol. The number of methoxy groups -OCH3 is 1. The minimum absolute atomic E-state index is 0.0923. The second kappa shape index (κ2) is 7.94. The second-order valence-electron chi connectivity index (χ2n) is 9.34. The van der Waals surface area contributed by atoms with E-state index in [0.717, 1.165) is 34.8 Å². The summed E-state index contributed by atoms with van der Waals surface area (Å²) in [6.07, 6.45) is 7.79. The molecule has 0 saturated heterocycles. The fraction of sp³-hybridized carbons (Fsp3) is 0.696. The van der Waals surface area contributed by atoms with E-state index < -0.39 is 0 Å². The van der Waals surface area contributed by atoms with Crippen LogP contribution in [-0.4, -0.2) is 43.7 Å². The SMILES string of the molecule is CCOc1ccc(CN(C)CC(=O)NC23CC4CC(CC(C4)C2)C3)cc1OC. The first-order chi connectivity index (χ1) is 13.5. The quantitative estimate of drug-likeness (QED) is 0.742. The molecule has 4 fully saturated rings. The molecule has 1 amide bonds. The molecule has 1 aromatic rings. The van der Waals surface area contributed by atoms with E-state index in [9.17, 15) is 4.79 Å². The number of carbonyl (C=O) groups is 1. The molecule has 0 atom stereocenters. The zero-order valence-electron chi connectivity index (χ0n) is 17.5. The largest absolute Gasteiger partial charge is 0.493 e. The Labute approximate surface area is 168 Å². The molecule has 0 spiro atoms. The van der Waals surface area contributed by atoms with Gasteiger partial charge in [-0.25, -0.2) is 0 Å². The van der Waals surface area contributed by atoms with E-state index >= 15 is 0 Å². The Kier molecular flexibility index (Phi) is 5.55. The molecule has 4 bridgehead atoms. The van der Waals surface area contributed by atoms with Crippen molar-refractivity contribution in [3.05, 3.63) is 23.8 Å². The number of benzene rings is 1. The molecule has 0 heterocycles. The van der Waals surface area contributed by atoms with Crippen molar-refractivity contribution in [3.8, 4) is 11.5 Å². The molecule has 0 aliphatic heterocycles. The van der Waals surface area contributed by atoms with Gasteiger partial charge in [-0.3, -0.25) is 9.69 Å². The number of likely N-dealkylation sites (N-methyl/N-ethyl adjacent to an activating group) is 1. The molecule has 4 saturated carbocycles. The van der Waals surface area contributed by atoms with Gasteiger partial charge in [0.25, 0.3) is 0 Å². The lowest BCUT2D eigenvalue weighted by Crippen LogP contribution is -2.60. The van der Waals surface area contributed by atoms with Gasteiger partial charge in [-0.2, -0.15) is 0 Å². The Morgan fingerprint density at radius 1 is 1.14 bits per heavy atom. The zero-order chi connectivity index (χ0) is 19.7. The van der Waals surface area contributed by atoms with Crippen LogP contribution >= 0.6 is 0 Å². The first-order valence-corrected chi connectivity index (χ1v) is 10.8. The third-order valence-corrected chi connectivity index (χ3v) is 6.84. The van der Waals surface area contributed by atoms with E-state index in [1.807, 2.05) is 32.2 Å². The van der Waals surface area contributed by atoms with Crippen molar-refractivity contribution in [2.24, 2.45) is 17.8 Å². The summed E-state index contributed by atoms with van der Waals surface area (Å²) in [5.74, 6) is 4.21. The normalized spacial score (nSPS) is 30.5. The third kappa shape index (κ3) is 4.14. The summed E-state index contributed by atoms with van der Waals surface area (Å²) in [7, 11) is 3.66. The molecule has 1 aromatic carbocycles. The average Bonchev–Trinajstić information content (AvgIpc) is 2.61. The molecule has 5 rings (SSSR count). The van der Waals surface area contributed by atoms with Crippen molar-refractivity contribution in [1.82, 2.24) is 10.2 Å². The number of rotatable bonds is 8.